The minimum Gasteiger partial charge on any atom is -0.467 e. The van der Waals surface area contributed by atoms with E-state index in [-0.39, 0.29) is 0 Å². The van der Waals surface area contributed by atoms with Gasteiger partial charge in [0.25, 0.3) is 0 Å². The summed E-state index contributed by atoms with van der Waals surface area (Å²) in [5.74, 6) is 1.69. The lowest BCUT2D eigenvalue weighted by molar-refractivity contribution is 0.238. The molecule has 0 bridgehead atoms. The van der Waals surface area contributed by atoms with Gasteiger partial charge in [0.2, 0.25) is 0 Å². The molecular formula is C19H28N4O. The second-order valence-electron chi connectivity index (χ2n) is 5.97. The summed E-state index contributed by atoms with van der Waals surface area (Å²) in [5, 5.41) is 6.60. The lowest BCUT2D eigenvalue weighted by Crippen LogP contribution is -2.39. The van der Waals surface area contributed by atoms with Gasteiger partial charge in [-0.2, -0.15) is 0 Å². The van der Waals surface area contributed by atoms with E-state index in [1.807, 2.05) is 12.1 Å². The minimum absolute atomic E-state index is 0.487. The largest absolute Gasteiger partial charge is 0.467 e. The first-order valence-corrected chi connectivity index (χ1v) is 8.40. The molecule has 0 aliphatic carbocycles. The van der Waals surface area contributed by atoms with Crippen molar-refractivity contribution in [1.82, 2.24) is 15.5 Å². The van der Waals surface area contributed by atoms with Crippen molar-refractivity contribution in [2.24, 2.45) is 4.99 Å². The summed E-state index contributed by atoms with van der Waals surface area (Å²) in [7, 11) is 3.95. The Hall–Kier alpha value is -2.27. The fourth-order valence-electron chi connectivity index (χ4n) is 2.45. The predicted molar refractivity (Wildman–Crippen MR) is 98.9 cm³/mol. The summed E-state index contributed by atoms with van der Waals surface area (Å²) < 4.78 is 5.31. The third-order valence-corrected chi connectivity index (χ3v) is 4.12. The molecule has 24 heavy (non-hydrogen) atoms. The molecule has 0 saturated heterocycles. The summed E-state index contributed by atoms with van der Waals surface area (Å²) in [6, 6.07) is 14.9. The summed E-state index contributed by atoms with van der Waals surface area (Å²) >= 11 is 0. The van der Waals surface area contributed by atoms with Gasteiger partial charge >= 0.3 is 0 Å². The standard InChI is InChI=1S/C19H28N4O/c1-16(23(3)15-17-8-5-4-6-9-17)11-12-21-19(20-2)22-14-18-10-7-13-24-18/h4-10,13,16H,11-12,14-15H2,1-3H3,(H2,20,21,22). The first-order valence-electron chi connectivity index (χ1n) is 8.40. The highest BCUT2D eigenvalue weighted by molar-refractivity contribution is 5.79. The fourth-order valence-corrected chi connectivity index (χ4v) is 2.45. The Morgan fingerprint density at radius 3 is 2.62 bits per heavy atom. The summed E-state index contributed by atoms with van der Waals surface area (Å²) in [6.07, 6.45) is 2.72. The van der Waals surface area contributed by atoms with Crippen molar-refractivity contribution in [3.8, 4) is 0 Å². The number of furan rings is 1. The summed E-state index contributed by atoms with van der Waals surface area (Å²) in [4.78, 5) is 6.61. The number of hydrogen-bond donors (Lipinski definition) is 2. The highest BCUT2D eigenvalue weighted by atomic mass is 16.3. The van der Waals surface area contributed by atoms with E-state index in [2.05, 4.69) is 64.8 Å². The van der Waals surface area contributed by atoms with Crippen molar-refractivity contribution in [1.29, 1.82) is 0 Å². The Bertz CT molecular complexity index is 595. The van der Waals surface area contributed by atoms with E-state index in [9.17, 15) is 0 Å². The van der Waals surface area contributed by atoms with Gasteiger partial charge in [0, 0.05) is 26.2 Å². The quantitative estimate of drug-likeness (QED) is 0.578. The van der Waals surface area contributed by atoms with Crippen LogP contribution in [0.15, 0.2) is 58.1 Å². The predicted octanol–water partition coefficient (Wildman–Crippen LogP) is 2.86. The lowest BCUT2D eigenvalue weighted by atomic mass is 10.1. The lowest BCUT2D eigenvalue weighted by Gasteiger charge is -2.25. The normalized spacial score (nSPS) is 13.1. The van der Waals surface area contributed by atoms with E-state index in [1.54, 1.807) is 13.3 Å². The number of benzene rings is 1. The summed E-state index contributed by atoms with van der Waals surface area (Å²) in [6.45, 7) is 4.73. The van der Waals surface area contributed by atoms with Crippen molar-refractivity contribution in [3.05, 3.63) is 60.1 Å². The molecule has 1 heterocycles. The van der Waals surface area contributed by atoms with Crippen LogP contribution in [0.2, 0.25) is 0 Å². The molecule has 1 atom stereocenters. The van der Waals surface area contributed by atoms with E-state index < -0.39 is 0 Å². The number of aliphatic imine (C=N–C) groups is 1. The second kappa shape index (κ2) is 9.78. The highest BCUT2D eigenvalue weighted by Crippen LogP contribution is 2.07. The average Bonchev–Trinajstić information content (AvgIpc) is 3.12. The molecule has 0 spiro atoms. The molecule has 1 aromatic heterocycles. The van der Waals surface area contributed by atoms with Gasteiger partial charge < -0.3 is 15.1 Å². The van der Waals surface area contributed by atoms with E-state index in [4.69, 9.17) is 4.42 Å². The van der Waals surface area contributed by atoms with E-state index in [0.717, 1.165) is 31.2 Å². The van der Waals surface area contributed by atoms with Crippen molar-refractivity contribution in [2.45, 2.75) is 32.5 Å². The molecule has 5 nitrogen and oxygen atoms in total. The van der Waals surface area contributed by atoms with Crippen molar-refractivity contribution in [3.63, 3.8) is 0 Å². The Kier molecular flexibility index (Phi) is 7.36. The first-order chi connectivity index (χ1) is 11.7. The maximum atomic E-state index is 5.31. The van der Waals surface area contributed by atoms with Crippen LogP contribution in [0.4, 0.5) is 0 Å². The van der Waals surface area contributed by atoms with Crippen molar-refractivity contribution >= 4 is 5.96 Å². The van der Waals surface area contributed by atoms with E-state index in [1.165, 1.54) is 5.56 Å². The van der Waals surface area contributed by atoms with Crippen LogP contribution in [0.3, 0.4) is 0 Å². The van der Waals surface area contributed by atoms with Gasteiger partial charge in [0.05, 0.1) is 12.8 Å². The van der Waals surface area contributed by atoms with Gasteiger partial charge in [-0.1, -0.05) is 30.3 Å². The molecule has 0 saturated carbocycles. The van der Waals surface area contributed by atoms with Crippen LogP contribution in [0.1, 0.15) is 24.7 Å². The van der Waals surface area contributed by atoms with E-state index >= 15 is 0 Å². The van der Waals surface area contributed by atoms with Crippen LogP contribution in [-0.2, 0) is 13.1 Å². The van der Waals surface area contributed by atoms with Crippen LogP contribution in [0, 0.1) is 0 Å². The average molecular weight is 328 g/mol. The highest BCUT2D eigenvalue weighted by Gasteiger charge is 2.09. The Balaban J connectivity index is 1.67. The van der Waals surface area contributed by atoms with Crippen LogP contribution in [0.25, 0.3) is 0 Å². The zero-order valence-corrected chi connectivity index (χ0v) is 14.8. The van der Waals surface area contributed by atoms with Crippen LogP contribution < -0.4 is 10.6 Å². The number of hydrogen-bond acceptors (Lipinski definition) is 3. The van der Waals surface area contributed by atoms with Gasteiger partial charge in [-0.15, -0.1) is 0 Å². The van der Waals surface area contributed by atoms with Crippen molar-refractivity contribution in [2.75, 3.05) is 20.6 Å². The number of rotatable bonds is 8. The molecule has 0 fully saturated rings. The molecule has 1 unspecified atom stereocenters. The number of guanidine groups is 1. The molecule has 5 heteroatoms. The zero-order chi connectivity index (χ0) is 17.2. The minimum atomic E-state index is 0.487. The Morgan fingerprint density at radius 1 is 1.17 bits per heavy atom. The molecule has 2 aromatic rings. The third-order valence-electron chi connectivity index (χ3n) is 4.12. The summed E-state index contributed by atoms with van der Waals surface area (Å²) in [5.41, 5.74) is 1.34. The third kappa shape index (κ3) is 6.08. The van der Waals surface area contributed by atoms with Gasteiger partial charge in [0.15, 0.2) is 5.96 Å². The topological polar surface area (TPSA) is 52.8 Å². The second-order valence-corrected chi connectivity index (χ2v) is 5.97. The van der Waals surface area contributed by atoms with Crippen LogP contribution >= 0.6 is 0 Å². The molecule has 0 aliphatic rings. The number of nitrogens with zero attached hydrogens (tertiary/aromatic N) is 2. The fraction of sp³-hybridized carbons (Fsp3) is 0.421. The molecular weight excluding hydrogens is 300 g/mol. The monoisotopic (exact) mass is 328 g/mol. The van der Waals surface area contributed by atoms with Gasteiger partial charge in [-0.05, 0) is 38.1 Å². The molecule has 2 N–H and O–H groups in total. The molecule has 0 radical (unpaired) electrons. The molecule has 1 aromatic carbocycles. The molecule has 2 rings (SSSR count). The maximum absolute atomic E-state index is 5.31. The smallest absolute Gasteiger partial charge is 0.191 e. The maximum Gasteiger partial charge on any atom is 0.191 e. The van der Waals surface area contributed by atoms with Crippen LogP contribution in [0.5, 0.6) is 0 Å². The van der Waals surface area contributed by atoms with Gasteiger partial charge in [0.1, 0.15) is 5.76 Å². The zero-order valence-electron chi connectivity index (χ0n) is 14.8. The van der Waals surface area contributed by atoms with Crippen molar-refractivity contribution < 1.29 is 4.42 Å². The molecule has 0 aliphatic heterocycles. The van der Waals surface area contributed by atoms with Gasteiger partial charge in [-0.25, -0.2) is 0 Å². The Morgan fingerprint density at radius 2 is 1.96 bits per heavy atom. The SMILES string of the molecule is CN=C(NCCC(C)N(C)Cc1ccccc1)NCc1ccco1. The van der Waals surface area contributed by atoms with E-state index in [0.29, 0.717) is 12.6 Å². The van der Waals surface area contributed by atoms with Crippen LogP contribution in [-0.4, -0.2) is 37.5 Å². The first kappa shape index (κ1) is 18.1. The van der Waals surface area contributed by atoms with Gasteiger partial charge in [-0.3, -0.25) is 9.89 Å². The Labute approximate surface area is 144 Å². The number of nitrogens with one attached hydrogen (secondary N) is 2. The molecule has 0 amide bonds. The molecule has 130 valence electrons.